The van der Waals surface area contributed by atoms with Crippen molar-refractivity contribution in [1.82, 2.24) is 0 Å². The third kappa shape index (κ3) is 1.35. The summed E-state index contributed by atoms with van der Waals surface area (Å²) in [7, 11) is 0. The summed E-state index contributed by atoms with van der Waals surface area (Å²) in [6.45, 7) is 3.28. The van der Waals surface area contributed by atoms with E-state index in [-0.39, 0.29) is 5.41 Å². The Balaban J connectivity index is 2.46. The number of benzene rings is 1. The van der Waals surface area contributed by atoms with Gasteiger partial charge in [0.05, 0.1) is 0 Å². The Hall–Kier alpha value is -0.560. The van der Waals surface area contributed by atoms with Crippen molar-refractivity contribution in [2.24, 2.45) is 0 Å². The first kappa shape index (κ1) is 9.97. The molecule has 1 aliphatic carbocycles. The first-order chi connectivity index (χ1) is 6.47. The van der Waals surface area contributed by atoms with Crippen LogP contribution in [0.25, 0.3) is 0 Å². The zero-order chi connectivity index (χ0) is 10.4. The van der Waals surface area contributed by atoms with E-state index in [1.54, 1.807) is 13.8 Å². The molecule has 1 aliphatic rings. The van der Waals surface area contributed by atoms with Gasteiger partial charge in [0, 0.05) is 10.4 Å². The van der Waals surface area contributed by atoms with Gasteiger partial charge >= 0.3 is 0 Å². The van der Waals surface area contributed by atoms with E-state index in [1.165, 1.54) is 0 Å². The van der Waals surface area contributed by atoms with Gasteiger partial charge in [0.15, 0.2) is 0 Å². The minimum atomic E-state index is -1.18. The Morgan fingerprint density at radius 3 is 2.29 bits per heavy atom. The SMILES string of the molecule is CC(C)(F)C1(c2ccccc2Cl)CC1. The Bertz CT molecular complexity index is 348. The lowest BCUT2D eigenvalue weighted by Gasteiger charge is -2.28. The summed E-state index contributed by atoms with van der Waals surface area (Å²) >= 11 is 6.09. The first-order valence-corrected chi connectivity index (χ1v) is 5.29. The number of alkyl halides is 1. The molecule has 1 saturated carbocycles. The predicted molar refractivity (Wildman–Crippen MR) is 57.6 cm³/mol. The van der Waals surface area contributed by atoms with Crippen LogP contribution in [-0.4, -0.2) is 5.67 Å². The molecule has 0 aliphatic heterocycles. The quantitative estimate of drug-likeness (QED) is 0.692. The van der Waals surface area contributed by atoms with Crippen molar-refractivity contribution in [1.29, 1.82) is 0 Å². The summed E-state index contributed by atoms with van der Waals surface area (Å²) in [5.41, 5.74) is -0.544. The van der Waals surface area contributed by atoms with Crippen LogP contribution in [0.2, 0.25) is 5.02 Å². The fourth-order valence-corrected chi connectivity index (χ4v) is 2.47. The van der Waals surface area contributed by atoms with Crippen LogP contribution in [0, 0.1) is 0 Å². The van der Waals surface area contributed by atoms with Gasteiger partial charge in [-0.3, -0.25) is 0 Å². The van der Waals surface area contributed by atoms with E-state index in [0.29, 0.717) is 5.02 Å². The van der Waals surface area contributed by atoms with Gasteiger partial charge in [-0.2, -0.15) is 0 Å². The first-order valence-electron chi connectivity index (χ1n) is 4.91. The van der Waals surface area contributed by atoms with E-state index in [4.69, 9.17) is 11.6 Å². The van der Waals surface area contributed by atoms with Crippen LogP contribution < -0.4 is 0 Å². The third-order valence-electron chi connectivity index (χ3n) is 3.28. The highest BCUT2D eigenvalue weighted by Gasteiger charge is 2.57. The molecule has 0 aromatic heterocycles. The van der Waals surface area contributed by atoms with Crippen molar-refractivity contribution in [3.05, 3.63) is 34.9 Å². The van der Waals surface area contributed by atoms with Crippen molar-refractivity contribution in [3.63, 3.8) is 0 Å². The Morgan fingerprint density at radius 2 is 1.86 bits per heavy atom. The monoisotopic (exact) mass is 212 g/mol. The largest absolute Gasteiger partial charge is 0.244 e. The van der Waals surface area contributed by atoms with E-state index in [1.807, 2.05) is 24.3 Å². The molecule has 0 saturated heterocycles. The molecule has 0 atom stereocenters. The van der Waals surface area contributed by atoms with Crippen LogP contribution in [0.15, 0.2) is 24.3 Å². The lowest BCUT2D eigenvalue weighted by Crippen LogP contribution is -2.31. The summed E-state index contributed by atoms with van der Waals surface area (Å²) < 4.78 is 14.0. The lowest BCUT2D eigenvalue weighted by atomic mass is 9.82. The molecule has 2 heteroatoms. The molecule has 0 unspecified atom stereocenters. The van der Waals surface area contributed by atoms with E-state index in [9.17, 15) is 4.39 Å². The van der Waals surface area contributed by atoms with Gasteiger partial charge in [0.1, 0.15) is 5.67 Å². The minimum absolute atomic E-state index is 0.328. The number of rotatable bonds is 2. The molecule has 14 heavy (non-hydrogen) atoms. The van der Waals surface area contributed by atoms with Crippen molar-refractivity contribution in [3.8, 4) is 0 Å². The third-order valence-corrected chi connectivity index (χ3v) is 3.61. The van der Waals surface area contributed by atoms with E-state index >= 15 is 0 Å². The Kier molecular flexibility index (Phi) is 2.11. The average molecular weight is 213 g/mol. The second-order valence-electron chi connectivity index (χ2n) is 4.53. The molecule has 0 heterocycles. The van der Waals surface area contributed by atoms with Crippen LogP contribution in [-0.2, 0) is 5.41 Å². The van der Waals surface area contributed by atoms with E-state index < -0.39 is 5.67 Å². The lowest BCUT2D eigenvalue weighted by molar-refractivity contribution is 0.156. The molecule has 1 aromatic rings. The Morgan fingerprint density at radius 1 is 1.29 bits per heavy atom. The summed E-state index contributed by atoms with van der Waals surface area (Å²) in [6, 6.07) is 7.58. The van der Waals surface area contributed by atoms with Gasteiger partial charge < -0.3 is 0 Å². The molecule has 0 nitrogen and oxygen atoms in total. The van der Waals surface area contributed by atoms with Gasteiger partial charge in [-0.05, 0) is 38.3 Å². The maximum atomic E-state index is 14.0. The smallest absolute Gasteiger partial charge is 0.115 e. The molecule has 76 valence electrons. The van der Waals surface area contributed by atoms with Crippen LogP contribution in [0.4, 0.5) is 4.39 Å². The minimum Gasteiger partial charge on any atom is -0.244 e. The van der Waals surface area contributed by atoms with Crippen LogP contribution in [0.5, 0.6) is 0 Å². The molecule has 1 fully saturated rings. The number of halogens is 2. The molecule has 0 spiro atoms. The fourth-order valence-electron chi connectivity index (χ4n) is 2.16. The molecule has 0 radical (unpaired) electrons. The highest BCUT2D eigenvalue weighted by molar-refractivity contribution is 6.31. The van der Waals surface area contributed by atoms with E-state index in [0.717, 1.165) is 18.4 Å². The van der Waals surface area contributed by atoms with Crippen LogP contribution in [0.1, 0.15) is 32.3 Å². The second-order valence-corrected chi connectivity index (χ2v) is 4.94. The van der Waals surface area contributed by atoms with Gasteiger partial charge in [0.25, 0.3) is 0 Å². The summed E-state index contributed by atoms with van der Waals surface area (Å²) in [6.07, 6.45) is 1.81. The highest BCUT2D eigenvalue weighted by Crippen LogP contribution is 2.58. The fraction of sp³-hybridized carbons (Fsp3) is 0.500. The molecular weight excluding hydrogens is 199 g/mol. The molecular formula is C12H14ClF. The van der Waals surface area contributed by atoms with Crippen molar-refractivity contribution in [2.45, 2.75) is 37.8 Å². The van der Waals surface area contributed by atoms with Gasteiger partial charge in [-0.1, -0.05) is 29.8 Å². The summed E-state index contributed by atoms with van der Waals surface area (Å²) in [5.74, 6) is 0. The number of hydrogen-bond donors (Lipinski definition) is 0. The van der Waals surface area contributed by atoms with Gasteiger partial charge in [-0.15, -0.1) is 0 Å². The van der Waals surface area contributed by atoms with Crippen molar-refractivity contribution >= 4 is 11.6 Å². The van der Waals surface area contributed by atoms with E-state index in [2.05, 4.69) is 0 Å². The summed E-state index contributed by atoms with van der Waals surface area (Å²) in [4.78, 5) is 0. The highest BCUT2D eigenvalue weighted by atomic mass is 35.5. The zero-order valence-corrected chi connectivity index (χ0v) is 9.24. The molecule has 1 aromatic carbocycles. The number of hydrogen-bond acceptors (Lipinski definition) is 0. The maximum absolute atomic E-state index is 14.0. The summed E-state index contributed by atoms with van der Waals surface area (Å²) in [5, 5.41) is 0.690. The maximum Gasteiger partial charge on any atom is 0.115 e. The van der Waals surface area contributed by atoms with Crippen LogP contribution >= 0.6 is 11.6 Å². The molecule has 0 bridgehead atoms. The van der Waals surface area contributed by atoms with Gasteiger partial charge in [0.2, 0.25) is 0 Å². The van der Waals surface area contributed by atoms with Gasteiger partial charge in [-0.25, -0.2) is 4.39 Å². The molecule has 0 amide bonds. The van der Waals surface area contributed by atoms with Crippen molar-refractivity contribution in [2.75, 3.05) is 0 Å². The average Bonchev–Trinajstić information content (AvgIpc) is 2.84. The normalized spacial score (nSPS) is 19.4. The zero-order valence-electron chi connectivity index (χ0n) is 8.48. The van der Waals surface area contributed by atoms with Crippen molar-refractivity contribution < 1.29 is 4.39 Å². The topological polar surface area (TPSA) is 0 Å². The molecule has 0 N–H and O–H groups in total. The predicted octanol–water partition coefficient (Wildman–Crippen LogP) is 4.12. The second kappa shape index (κ2) is 2.96. The molecule has 2 rings (SSSR count). The Labute approximate surface area is 89.1 Å². The standard InChI is InChI=1S/C12H14ClF/c1-11(2,14)12(7-8-12)9-5-3-4-6-10(9)13/h3-6H,7-8H2,1-2H3. The van der Waals surface area contributed by atoms with Crippen LogP contribution in [0.3, 0.4) is 0 Å².